The van der Waals surface area contributed by atoms with Gasteiger partial charge in [-0.2, -0.15) is 0 Å². The van der Waals surface area contributed by atoms with Crippen molar-refractivity contribution in [2.45, 2.75) is 32.2 Å². The van der Waals surface area contributed by atoms with E-state index in [-0.39, 0.29) is 6.04 Å². The highest BCUT2D eigenvalue weighted by Crippen LogP contribution is 2.34. The number of fused-ring (bicyclic) bond motifs is 1. The van der Waals surface area contributed by atoms with Crippen LogP contribution in [0.2, 0.25) is 0 Å². The summed E-state index contributed by atoms with van der Waals surface area (Å²) < 4.78 is 5.50. The summed E-state index contributed by atoms with van der Waals surface area (Å²) in [6, 6.07) is 7.86. The molecule has 2 aromatic rings. The average molecular weight is 270 g/mol. The lowest BCUT2D eigenvalue weighted by atomic mass is 9.93. The first kappa shape index (κ1) is 12.8. The van der Waals surface area contributed by atoms with Gasteiger partial charge in [-0.3, -0.25) is 4.79 Å². The summed E-state index contributed by atoms with van der Waals surface area (Å²) in [4.78, 5) is 11.4. The number of hydrogen-bond acceptors (Lipinski definition) is 3. The van der Waals surface area contributed by atoms with Gasteiger partial charge in [0.15, 0.2) is 0 Å². The molecule has 0 bridgehead atoms. The van der Waals surface area contributed by atoms with Gasteiger partial charge in [-0.15, -0.1) is 0 Å². The zero-order chi connectivity index (χ0) is 14.1. The molecule has 0 saturated carbocycles. The van der Waals surface area contributed by atoms with Crippen LogP contribution in [-0.4, -0.2) is 5.91 Å². The van der Waals surface area contributed by atoms with Crippen molar-refractivity contribution in [3.8, 4) is 0 Å². The summed E-state index contributed by atoms with van der Waals surface area (Å²) in [5.74, 6) is 0.677. The van der Waals surface area contributed by atoms with Crippen LogP contribution in [0.25, 0.3) is 0 Å². The van der Waals surface area contributed by atoms with Crippen molar-refractivity contribution in [1.82, 2.24) is 0 Å². The second kappa shape index (κ2) is 5.04. The molecule has 1 aromatic carbocycles. The Balaban J connectivity index is 1.90. The first-order chi connectivity index (χ1) is 9.66. The van der Waals surface area contributed by atoms with Crippen molar-refractivity contribution in [1.29, 1.82) is 0 Å². The maximum absolute atomic E-state index is 11.4. The zero-order valence-corrected chi connectivity index (χ0v) is 11.5. The molecule has 3 rings (SSSR count). The molecule has 3 N–H and O–H groups in total. The molecule has 0 spiro atoms. The second-order valence-corrected chi connectivity index (χ2v) is 5.23. The van der Waals surface area contributed by atoms with E-state index in [1.54, 1.807) is 12.3 Å². The van der Waals surface area contributed by atoms with Gasteiger partial charge in [-0.1, -0.05) is 6.07 Å². The van der Waals surface area contributed by atoms with Gasteiger partial charge in [0.25, 0.3) is 0 Å². The Hall–Kier alpha value is -2.23. The van der Waals surface area contributed by atoms with Crippen molar-refractivity contribution in [2.75, 3.05) is 5.32 Å². The Labute approximate surface area is 118 Å². The van der Waals surface area contributed by atoms with E-state index < -0.39 is 5.91 Å². The summed E-state index contributed by atoms with van der Waals surface area (Å²) in [5, 5.41) is 3.52. The minimum absolute atomic E-state index is 0.235. The number of nitrogens with two attached hydrogens (primary N) is 1. The van der Waals surface area contributed by atoms with E-state index in [4.69, 9.17) is 10.2 Å². The van der Waals surface area contributed by atoms with Crippen LogP contribution < -0.4 is 11.1 Å². The SMILES string of the molecule is Cc1c(NC2CCCc3occc32)cccc1C(N)=O. The van der Waals surface area contributed by atoms with Crippen LogP contribution in [0.4, 0.5) is 5.69 Å². The molecule has 0 saturated heterocycles. The predicted octanol–water partition coefficient (Wildman–Crippen LogP) is 3.18. The number of aryl methyl sites for hydroxylation is 1. The Kier molecular flexibility index (Phi) is 3.22. The highest BCUT2D eigenvalue weighted by Gasteiger charge is 2.23. The summed E-state index contributed by atoms with van der Waals surface area (Å²) in [6.07, 6.45) is 4.91. The molecule has 104 valence electrons. The van der Waals surface area contributed by atoms with Crippen LogP contribution in [0.1, 0.15) is 46.1 Å². The number of primary amides is 1. The number of carbonyl (C=O) groups is 1. The summed E-state index contributed by atoms with van der Waals surface area (Å²) in [6.45, 7) is 1.92. The third kappa shape index (κ3) is 2.18. The first-order valence-electron chi connectivity index (χ1n) is 6.89. The Morgan fingerprint density at radius 3 is 3.05 bits per heavy atom. The normalized spacial score (nSPS) is 17.6. The topological polar surface area (TPSA) is 68.3 Å². The van der Waals surface area contributed by atoms with Crippen molar-refractivity contribution in [2.24, 2.45) is 5.73 Å². The fraction of sp³-hybridized carbons (Fsp3) is 0.312. The van der Waals surface area contributed by atoms with Crippen molar-refractivity contribution in [3.63, 3.8) is 0 Å². The molecule has 1 aliphatic rings. The van der Waals surface area contributed by atoms with Gasteiger partial charge in [-0.05, 0) is 43.5 Å². The fourth-order valence-electron chi connectivity index (χ4n) is 2.88. The number of anilines is 1. The second-order valence-electron chi connectivity index (χ2n) is 5.23. The van der Waals surface area contributed by atoms with Gasteiger partial charge in [0.1, 0.15) is 5.76 Å². The maximum Gasteiger partial charge on any atom is 0.249 e. The molecule has 1 heterocycles. The van der Waals surface area contributed by atoms with Gasteiger partial charge in [0.2, 0.25) is 5.91 Å². The lowest BCUT2D eigenvalue weighted by Crippen LogP contribution is -2.18. The number of nitrogens with one attached hydrogen (secondary N) is 1. The Bertz CT molecular complexity index is 646. The van der Waals surface area contributed by atoms with E-state index in [1.807, 2.05) is 25.1 Å². The first-order valence-corrected chi connectivity index (χ1v) is 6.89. The third-order valence-corrected chi connectivity index (χ3v) is 3.98. The van der Waals surface area contributed by atoms with Gasteiger partial charge >= 0.3 is 0 Å². The zero-order valence-electron chi connectivity index (χ0n) is 11.5. The van der Waals surface area contributed by atoms with Gasteiger partial charge in [0, 0.05) is 23.2 Å². The van der Waals surface area contributed by atoms with Crippen molar-refractivity contribution in [3.05, 3.63) is 53.0 Å². The van der Waals surface area contributed by atoms with E-state index in [9.17, 15) is 4.79 Å². The van der Waals surface area contributed by atoms with Gasteiger partial charge in [-0.25, -0.2) is 0 Å². The van der Waals surface area contributed by atoms with Crippen molar-refractivity contribution >= 4 is 11.6 Å². The molecule has 20 heavy (non-hydrogen) atoms. The minimum atomic E-state index is -0.390. The standard InChI is InChI=1S/C16H18N2O2/c1-10-11(16(17)19)4-2-5-13(10)18-14-6-3-7-15-12(14)8-9-20-15/h2,4-5,8-9,14,18H,3,6-7H2,1H3,(H2,17,19). The van der Waals surface area contributed by atoms with Crippen molar-refractivity contribution < 1.29 is 9.21 Å². The molecular weight excluding hydrogens is 252 g/mol. The van der Waals surface area contributed by atoms with Gasteiger partial charge < -0.3 is 15.5 Å². The van der Waals surface area contributed by atoms with Crippen LogP contribution in [0.5, 0.6) is 0 Å². The molecular formula is C16H18N2O2. The minimum Gasteiger partial charge on any atom is -0.469 e. The number of hydrogen-bond donors (Lipinski definition) is 2. The highest BCUT2D eigenvalue weighted by molar-refractivity contribution is 5.95. The van der Waals surface area contributed by atoms with Crippen LogP contribution in [-0.2, 0) is 6.42 Å². The molecule has 4 heteroatoms. The van der Waals surface area contributed by atoms with E-state index in [0.29, 0.717) is 5.56 Å². The smallest absolute Gasteiger partial charge is 0.249 e. The monoisotopic (exact) mass is 270 g/mol. The molecule has 1 aliphatic carbocycles. The lowest BCUT2D eigenvalue weighted by Gasteiger charge is -2.25. The summed E-state index contributed by atoms with van der Waals surface area (Å²) >= 11 is 0. The fourth-order valence-corrected chi connectivity index (χ4v) is 2.88. The molecule has 1 amide bonds. The Morgan fingerprint density at radius 2 is 2.25 bits per heavy atom. The molecule has 4 nitrogen and oxygen atoms in total. The number of rotatable bonds is 3. The maximum atomic E-state index is 11.4. The van der Waals surface area contributed by atoms with E-state index >= 15 is 0 Å². The van der Waals surface area contributed by atoms with E-state index in [0.717, 1.165) is 36.3 Å². The van der Waals surface area contributed by atoms with Gasteiger partial charge in [0.05, 0.1) is 12.3 Å². The molecule has 1 atom stereocenters. The largest absolute Gasteiger partial charge is 0.469 e. The summed E-state index contributed by atoms with van der Waals surface area (Å²) in [7, 11) is 0. The summed E-state index contributed by atoms with van der Waals surface area (Å²) in [5.41, 5.74) is 9.04. The quantitative estimate of drug-likeness (QED) is 0.900. The predicted molar refractivity (Wildman–Crippen MR) is 77.7 cm³/mol. The molecule has 0 radical (unpaired) electrons. The number of benzene rings is 1. The lowest BCUT2D eigenvalue weighted by molar-refractivity contribution is 0.1000. The number of carbonyl (C=O) groups excluding carboxylic acids is 1. The number of furan rings is 1. The third-order valence-electron chi connectivity index (χ3n) is 3.98. The Morgan fingerprint density at radius 1 is 1.40 bits per heavy atom. The van der Waals surface area contributed by atoms with Crippen LogP contribution in [0, 0.1) is 6.92 Å². The number of amides is 1. The molecule has 1 aromatic heterocycles. The highest BCUT2D eigenvalue weighted by atomic mass is 16.3. The van der Waals surface area contributed by atoms with Crippen LogP contribution in [0.3, 0.4) is 0 Å². The van der Waals surface area contributed by atoms with E-state index in [1.165, 1.54) is 5.56 Å². The van der Waals surface area contributed by atoms with Crippen LogP contribution in [0.15, 0.2) is 34.9 Å². The van der Waals surface area contributed by atoms with E-state index in [2.05, 4.69) is 5.32 Å². The van der Waals surface area contributed by atoms with Crippen LogP contribution >= 0.6 is 0 Å². The molecule has 0 aliphatic heterocycles. The molecule has 0 fully saturated rings. The average Bonchev–Trinajstić information content (AvgIpc) is 2.90. The molecule has 1 unspecified atom stereocenters.